The van der Waals surface area contributed by atoms with Crippen molar-refractivity contribution in [1.29, 1.82) is 5.26 Å². The van der Waals surface area contributed by atoms with Crippen LogP contribution in [0.5, 0.6) is 0 Å². The molecule has 96 valence electrons. The summed E-state index contributed by atoms with van der Waals surface area (Å²) in [6.07, 6.45) is 0.598. The molecule has 1 aromatic rings. The molecule has 1 aliphatic heterocycles. The van der Waals surface area contributed by atoms with E-state index in [1.54, 1.807) is 11.3 Å². The van der Waals surface area contributed by atoms with E-state index in [9.17, 15) is 0 Å². The molecule has 3 nitrogen and oxygen atoms in total. The minimum Gasteiger partial charge on any atom is -0.314 e. The van der Waals surface area contributed by atoms with Gasteiger partial charge >= 0.3 is 0 Å². The Morgan fingerprint density at radius 3 is 2.65 bits per heavy atom. The van der Waals surface area contributed by atoms with E-state index in [4.69, 9.17) is 5.26 Å². The third kappa shape index (κ3) is 4.46. The molecule has 0 aliphatic carbocycles. The van der Waals surface area contributed by atoms with Gasteiger partial charge < -0.3 is 5.32 Å². The van der Waals surface area contributed by atoms with Gasteiger partial charge in [0.2, 0.25) is 0 Å². The monoisotopic (exact) mass is 293 g/mol. The minimum atomic E-state index is 0. The van der Waals surface area contributed by atoms with E-state index in [1.165, 1.54) is 4.88 Å². The first kappa shape index (κ1) is 16.7. The SMILES string of the molecule is Cl.Cl.N#CC[C@H](c1cccs1)N1CCNCC1. The van der Waals surface area contributed by atoms with Crippen LogP contribution in [0.15, 0.2) is 17.5 Å². The maximum absolute atomic E-state index is 8.88. The van der Waals surface area contributed by atoms with E-state index in [2.05, 4.69) is 33.8 Å². The number of thiophene rings is 1. The average Bonchev–Trinajstić information content (AvgIpc) is 2.80. The van der Waals surface area contributed by atoms with Gasteiger partial charge in [0, 0.05) is 31.1 Å². The summed E-state index contributed by atoms with van der Waals surface area (Å²) in [5, 5.41) is 14.3. The Morgan fingerprint density at radius 2 is 2.12 bits per heavy atom. The van der Waals surface area contributed by atoms with Gasteiger partial charge in [0.05, 0.1) is 18.5 Å². The number of nitriles is 1. The molecular weight excluding hydrogens is 277 g/mol. The molecule has 17 heavy (non-hydrogen) atoms. The first-order chi connectivity index (χ1) is 7.42. The molecule has 0 radical (unpaired) electrons. The number of rotatable bonds is 3. The first-order valence-corrected chi connectivity index (χ1v) is 6.15. The topological polar surface area (TPSA) is 39.1 Å². The third-order valence-electron chi connectivity index (χ3n) is 2.75. The van der Waals surface area contributed by atoms with Crippen molar-refractivity contribution >= 4 is 36.2 Å². The van der Waals surface area contributed by atoms with Crippen molar-refractivity contribution in [2.24, 2.45) is 0 Å². The van der Waals surface area contributed by atoms with E-state index in [0.717, 1.165) is 26.2 Å². The van der Waals surface area contributed by atoms with E-state index in [-0.39, 0.29) is 24.8 Å². The molecule has 0 saturated carbocycles. The van der Waals surface area contributed by atoms with Crippen LogP contribution in [0, 0.1) is 11.3 Å². The highest BCUT2D eigenvalue weighted by atomic mass is 35.5. The lowest BCUT2D eigenvalue weighted by Crippen LogP contribution is -2.44. The third-order valence-corrected chi connectivity index (χ3v) is 3.72. The van der Waals surface area contributed by atoms with Crippen LogP contribution in [-0.4, -0.2) is 31.1 Å². The van der Waals surface area contributed by atoms with Crippen LogP contribution in [0.25, 0.3) is 0 Å². The molecule has 1 fully saturated rings. The summed E-state index contributed by atoms with van der Waals surface area (Å²) in [6, 6.07) is 6.80. The Balaban J connectivity index is 0.00000128. The van der Waals surface area contributed by atoms with Crippen molar-refractivity contribution in [2.45, 2.75) is 12.5 Å². The lowest BCUT2D eigenvalue weighted by atomic mass is 10.1. The molecule has 6 heteroatoms. The van der Waals surface area contributed by atoms with Gasteiger partial charge in [-0.3, -0.25) is 4.90 Å². The molecule has 0 aromatic carbocycles. The molecule has 0 bridgehead atoms. The van der Waals surface area contributed by atoms with Crippen molar-refractivity contribution in [1.82, 2.24) is 10.2 Å². The fraction of sp³-hybridized carbons (Fsp3) is 0.545. The van der Waals surface area contributed by atoms with Crippen molar-refractivity contribution in [3.05, 3.63) is 22.4 Å². The summed E-state index contributed by atoms with van der Waals surface area (Å²) < 4.78 is 0. The Labute approximate surface area is 119 Å². The molecule has 2 heterocycles. The van der Waals surface area contributed by atoms with Gasteiger partial charge in [-0.05, 0) is 11.4 Å². The second-order valence-corrected chi connectivity index (χ2v) is 4.66. The Kier molecular flexibility index (Phi) is 8.57. The maximum Gasteiger partial charge on any atom is 0.0642 e. The lowest BCUT2D eigenvalue weighted by molar-refractivity contribution is 0.178. The van der Waals surface area contributed by atoms with Gasteiger partial charge in [-0.1, -0.05) is 6.07 Å². The number of hydrogen-bond donors (Lipinski definition) is 1. The van der Waals surface area contributed by atoms with Crippen LogP contribution in [0.4, 0.5) is 0 Å². The lowest BCUT2D eigenvalue weighted by Gasteiger charge is -2.33. The Morgan fingerprint density at radius 1 is 1.41 bits per heavy atom. The van der Waals surface area contributed by atoms with Crippen LogP contribution in [-0.2, 0) is 0 Å². The molecule has 1 aliphatic rings. The van der Waals surface area contributed by atoms with E-state index in [1.807, 2.05) is 0 Å². The average molecular weight is 294 g/mol. The van der Waals surface area contributed by atoms with Crippen LogP contribution in [0.1, 0.15) is 17.3 Å². The summed E-state index contributed by atoms with van der Waals surface area (Å²) in [6.45, 7) is 4.16. The molecule has 2 rings (SSSR count). The maximum atomic E-state index is 8.88. The van der Waals surface area contributed by atoms with Crippen LogP contribution < -0.4 is 5.32 Å². The zero-order valence-corrected chi connectivity index (χ0v) is 11.9. The number of nitrogens with zero attached hydrogens (tertiary/aromatic N) is 2. The van der Waals surface area contributed by atoms with Crippen molar-refractivity contribution in [2.75, 3.05) is 26.2 Å². The number of hydrogen-bond acceptors (Lipinski definition) is 4. The molecule has 0 spiro atoms. The number of piperazine rings is 1. The number of halogens is 2. The minimum absolute atomic E-state index is 0. The van der Waals surface area contributed by atoms with Gasteiger partial charge in [0.25, 0.3) is 0 Å². The fourth-order valence-electron chi connectivity index (χ4n) is 1.97. The quantitative estimate of drug-likeness (QED) is 0.930. The van der Waals surface area contributed by atoms with Gasteiger partial charge in [-0.15, -0.1) is 36.2 Å². The highest BCUT2D eigenvalue weighted by Gasteiger charge is 2.22. The van der Waals surface area contributed by atoms with E-state index >= 15 is 0 Å². The Hall–Kier alpha value is -0.310. The van der Waals surface area contributed by atoms with Gasteiger partial charge in [0.15, 0.2) is 0 Å². The predicted octanol–water partition coefficient (Wildman–Crippen LogP) is 2.45. The predicted molar refractivity (Wildman–Crippen MR) is 76.2 cm³/mol. The molecule has 1 atom stereocenters. The largest absolute Gasteiger partial charge is 0.314 e. The Bertz CT molecular complexity index is 331. The summed E-state index contributed by atoms with van der Waals surface area (Å²) >= 11 is 1.75. The standard InChI is InChI=1S/C11H15N3S.2ClH/c12-4-3-10(11-2-1-9-15-11)14-7-5-13-6-8-14;;/h1-2,9-10,13H,3,5-8H2;2*1H/t10-;;/m1../s1. The first-order valence-electron chi connectivity index (χ1n) is 5.27. The zero-order valence-electron chi connectivity index (χ0n) is 9.46. The molecule has 1 saturated heterocycles. The number of nitrogens with one attached hydrogen (secondary N) is 1. The second-order valence-electron chi connectivity index (χ2n) is 3.68. The smallest absolute Gasteiger partial charge is 0.0642 e. The summed E-state index contributed by atoms with van der Waals surface area (Å²) in [5.74, 6) is 0. The van der Waals surface area contributed by atoms with Crippen molar-refractivity contribution in [3.63, 3.8) is 0 Å². The normalized spacial score (nSPS) is 17.4. The van der Waals surface area contributed by atoms with Crippen molar-refractivity contribution in [3.8, 4) is 6.07 Å². The summed E-state index contributed by atoms with van der Waals surface area (Å²) in [5.41, 5.74) is 0. The van der Waals surface area contributed by atoms with Crippen LogP contribution in [0.2, 0.25) is 0 Å². The second kappa shape index (κ2) is 8.73. The fourth-order valence-corrected chi connectivity index (χ4v) is 2.83. The molecule has 1 aromatic heterocycles. The van der Waals surface area contributed by atoms with Crippen LogP contribution in [0.3, 0.4) is 0 Å². The van der Waals surface area contributed by atoms with Gasteiger partial charge in [-0.25, -0.2) is 0 Å². The molecule has 0 unspecified atom stereocenters. The van der Waals surface area contributed by atoms with E-state index in [0.29, 0.717) is 12.5 Å². The highest BCUT2D eigenvalue weighted by molar-refractivity contribution is 7.10. The molecule has 1 N–H and O–H groups in total. The van der Waals surface area contributed by atoms with Gasteiger partial charge in [0.1, 0.15) is 0 Å². The van der Waals surface area contributed by atoms with Crippen LogP contribution >= 0.6 is 36.2 Å². The summed E-state index contributed by atoms with van der Waals surface area (Å²) in [4.78, 5) is 3.73. The van der Waals surface area contributed by atoms with Crippen molar-refractivity contribution < 1.29 is 0 Å². The summed E-state index contributed by atoms with van der Waals surface area (Å²) in [7, 11) is 0. The van der Waals surface area contributed by atoms with E-state index < -0.39 is 0 Å². The molecular formula is C11H17Cl2N3S. The molecule has 0 amide bonds. The zero-order chi connectivity index (χ0) is 10.5. The highest BCUT2D eigenvalue weighted by Crippen LogP contribution is 2.27. The van der Waals surface area contributed by atoms with Gasteiger partial charge in [-0.2, -0.15) is 5.26 Å².